The van der Waals surface area contributed by atoms with Gasteiger partial charge in [-0.3, -0.25) is 0 Å². The number of carbonyl (C=O) groups excluding carboxylic acids is 2. The van der Waals surface area contributed by atoms with Gasteiger partial charge in [-0.25, -0.2) is 9.59 Å². The Morgan fingerprint density at radius 2 is 0.765 bits per heavy atom. The van der Waals surface area contributed by atoms with Crippen molar-refractivity contribution in [2.75, 3.05) is 13.2 Å². The van der Waals surface area contributed by atoms with Gasteiger partial charge in [-0.1, -0.05) is 72.8 Å². The Hall–Kier alpha value is -4.27. The number of para-hydroxylation sites is 4. The van der Waals surface area contributed by atoms with E-state index in [2.05, 4.69) is 52.4 Å². The van der Waals surface area contributed by atoms with E-state index in [1.54, 1.807) is 24.3 Å². The standard InChI is InChI=1S/C52H74O12Si4/c1-65(2,33-17-25-39-21-9-13-29-43(39)53)63-67(5,6)35-19-27-41-23-11-15-31-45(41)59-51(55)61-47-37-57-50-48(38-58-49(47)50)62-52(56)60-46-32-16-12-24-42(46)28-20-36-68(7,8)64-66(3,4)34-18-26-40-22-10-14-30-44(40)54/h9-16,21-24,29-32,47-50,53-54H,17-20,25-28,33-38H2,1-8H3. The first-order valence-corrected chi connectivity index (χ1v) is 36.8. The third-order valence-corrected chi connectivity index (χ3v) is 27.8. The summed E-state index contributed by atoms with van der Waals surface area (Å²) in [6.45, 7) is 18.4. The number of benzene rings is 4. The fraction of sp³-hybridized carbons (Fsp3) is 0.500. The number of hydrogen-bond donors (Lipinski definition) is 2. The minimum Gasteiger partial charge on any atom is -0.508 e. The average Bonchev–Trinajstić information content (AvgIpc) is 3.85. The molecule has 4 aromatic carbocycles. The minimum atomic E-state index is -1.98. The van der Waals surface area contributed by atoms with E-state index in [0.29, 0.717) is 23.0 Å². The molecule has 4 unspecified atom stereocenters. The average molecular weight is 1000 g/mol. The second kappa shape index (κ2) is 24.0. The molecule has 0 saturated carbocycles. The van der Waals surface area contributed by atoms with Crippen LogP contribution < -0.4 is 9.47 Å². The third-order valence-electron chi connectivity index (χ3n) is 12.8. The van der Waals surface area contributed by atoms with Crippen LogP contribution in [0.15, 0.2) is 97.1 Å². The van der Waals surface area contributed by atoms with Crippen LogP contribution in [0.5, 0.6) is 23.0 Å². The number of rotatable bonds is 24. The lowest BCUT2D eigenvalue weighted by Crippen LogP contribution is -2.44. The highest BCUT2D eigenvalue weighted by molar-refractivity contribution is 6.85. The van der Waals surface area contributed by atoms with Crippen LogP contribution in [0.2, 0.25) is 76.6 Å². The molecule has 2 heterocycles. The van der Waals surface area contributed by atoms with Gasteiger partial charge in [0.15, 0.2) is 45.5 Å². The zero-order valence-corrected chi connectivity index (χ0v) is 45.4. The smallest absolute Gasteiger partial charge is 0.508 e. The maximum Gasteiger partial charge on any atom is 0.514 e. The fourth-order valence-electron chi connectivity index (χ4n) is 9.69. The van der Waals surface area contributed by atoms with Crippen LogP contribution in [-0.4, -0.2) is 93.4 Å². The Labute approximate surface area is 408 Å². The molecule has 2 saturated heterocycles. The van der Waals surface area contributed by atoms with Crippen molar-refractivity contribution in [1.29, 1.82) is 0 Å². The van der Waals surface area contributed by atoms with Crippen molar-refractivity contribution in [3.05, 3.63) is 119 Å². The van der Waals surface area contributed by atoms with Crippen molar-refractivity contribution in [3.63, 3.8) is 0 Å². The summed E-state index contributed by atoms with van der Waals surface area (Å²) >= 11 is 0. The fourth-order valence-corrected chi connectivity index (χ4v) is 27.4. The van der Waals surface area contributed by atoms with Crippen molar-refractivity contribution in [3.8, 4) is 23.0 Å². The molecule has 0 amide bonds. The zero-order chi connectivity index (χ0) is 49.0. The Kier molecular flexibility index (Phi) is 18.8. The second-order valence-electron chi connectivity index (χ2n) is 20.7. The maximum absolute atomic E-state index is 13.2. The molecule has 0 bridgehead atoms. The summed E-state index contributed by atoms with van der Waals surface area (Å²) in [5, 5.41) is 20.3. The van der Waals surface area contributed by atoms with Crippen molar-refractivity contribution in [2.24, 2.45) is 0 Å². The molecule has 2 fully saturated rings. The van der Waals surface area contributed by atoms with Crippen LogP contribution in [0.1, 0.15) is 47.9 Å². The molecule has 2 aliphatic rings. The lowest BCUT2D eigenvalue weighted by atomic mass is 10.1. The summed E-state index contributed by atoms with van der Waals surface area (Å²) in [5.41, 5.74) is 3.78. The Bertz CT molecular complexity index is 2110. The molecule has 6 rings (SSSR count). The summed E-state index contributed by atoms with van der Waals surface area (Å²) < 4.78 is 48.7. The van der Waals surface area contributed by atoms with Crippen LogP contribution in [0.25, 0.3) is 0 Å². The summed E-state index contributed by atoms with van der Waals surface area (Å²) in [6, 6.07) is 34.0. The van der Waals surface area contributed by atoms with Gasteiger partial charge >= 0.3 is 12.3 Å². The van der Waals surface area contributed by atoms with E-state index >= 15 is 0 Å². The van der Waals surface area contributed by atoms with Gasteiger partial charge < -0.3 is 46.9 Å². The summed E-state index contributed by atoms with van der Waals surface area (Å²) in [5.74, 6) is 1.60. The van der Waals surface area contributed by atoms with Gasteiger partial charge in [-0.15, -0.1) is 0 Å². The first kappa shape index (κ1) is 53.1. The molecule has 68 heavy (non-hydrogen) atoms. The largest absolute Gasteiger partial charge is 0.514 e. The number of carbonyl (C=O) groups is 2. The highest BCUT2D eigenvalue weighted by Gasteiger charge is 2.52. The molecule has 2 N–H and O–H groups in total. The van der Waals surface area contributed by atoms with E-state index < -0.39 is 70.0 Å². The highest BCUT2D eigenvalue weighted by atomic mass is 28.4. The van der Waals surface area contributed by atoms with E-state index in [0.717, 1.165) is 97.8 Å². The van der Waals surface area contributed by atoms with Gasteiger partial charge in [0, 0.05) is 0 Å². The molecule has 4 atom stereocenters. The number of aromatic hydroxyl groups is 2. The first-order chi connectivity index (χ1) is 32.3. The number of phenolic OH excluding ortho intramolecular Hbond substituents is 2. The maximum atomic E-state index is 13.2. The molecule has 0 aromatic heterocycles. The third kappa shape index (κ3) is 16.4. The number of hydrogen-bond acceptors (Lipinski definition) is 12. The highest BCUT2D eigenvalue weighted by Crippen LogP contribution is 2.34. The lowest BCUT2D eigenvalue weighted by Gasteiger charge is -2.34. The van der Waals surface area contributed by atoms with Gasteiger partial charge in [-0.2, -0.15) is 0 Å². The number of fused-ring (bicyclic) bond motifs is 1. The first-order valence-electron chi connectivity index (χ1n) is 24.4. The number of ether oxygens (including phenoxy) is 6. The van der Waals surface area contributed by atoms with E-state index in [9.17, 15) is 19.8 Å². The predicted molar refractivity (Wildman–Crippen MR) is 275 cm³/mol. The molecule has 12 nitrogen and oxygen atoms in total. The van der Waals surface area contributed by atoms with Crippen LogP contribution in [0, 0.1) is 0 Å². The summed E-state index contributed by atoms with van der Waals surface area (Å²) in [4.78, 5) is 26.4. The molecular formula is C52H74O12Si4. The lowest BCUT2D eigenvalue weighted by molar-refractivity contribution is -0.0275. The summed E-state index contributed by atoms with van der Waals surface area (Å²) in [7, 11) is -7.79. The van der Waals surface area contributed by atoms with Gasteiger partial charge in [0.25, 0.3) is 0 Å². The topological polar surface area (TPSA) is 148 Å². The Morgan fingerprint density at radius 1 is 0.471 bits per heavy atom. The van der Waals surface area contributed by atoms with Crippen molar-refractivity contribution < 1.29 is 56.5 Å². The quantitative estimate of drug-likeness (QED) is 0.0391. The van der Waals surface area contributed by atoms with Crippen LogP contribution in [0.4, 0.5) is 9.59 Å². The van der Waals surface area contributed by atoms with E-state index in [1.165, 1.54) is 0 Å². The zero-order valence-electron chi connectivity index (χ0n) is 41.4. The van der Waals surface area contributed by atoms with E-state index in [1.807, 2.05) is 72.8 Å². The number of aryl methyl sites for hydroxylation is 4. The van der Waals surface area contributed by atoms with Crippen molar-refractivity contribution in [1.82, 2.24) is 0 Å². The van der Waals surface area contributed by atoms with Gasteiger partial charge in [-0.05, 0) is 174 Å². The molecule has 2 aliphatic heterocycles. The minimum absolute atomic E-state index is 0.0687. The predicted octanol–water partition coefficient (Wildman–Crippen LogP) is 12.3. The van der Waals surface area contributed by atoms with Crippen LogP contribution in [0.3, 0.4) is 0 Å². The van der Waals surface area contributed by atoms with Gasteiger partial charge in [0.2, 0.25) is 0 Å². The Balaban J connectivity index is 0.905. The van der Waals surface area contributed by atoms with Gasteiger partial charge in [0.05, 0.1) is 13.2 Å². The molecule has 0 spiro atoms. The van der Waals surface area contributed by atoms with E-state index in [-0.39, 0.29) is 13.2 Å². The van der Waals surface area contributed by atoms with E-state index in [4.69, 9.17) is 36.7 Å². The molecular weight excluding hydrogens is 929 g/mol. The monoisotopic (exact) mass is 1000 g/mol. The van der Waals surface area contributed by atoms with Gasteiger partial charge in [0.1, 0.15) is 35.2 Å². The second-order valence-corrected chi connectivity index (χ2v) is 38.5. The molecule has 370 valence electrons. The van der Waals surface area contributed by atoms with Crippen LogP contribution in [-0.2, 0) is 52.9 Å². The van der Waals surface area contributed by atoms with Crippen molar-refractivity contribution in [2.45, 2.75) is 152 Å². The molecule has 16 heteroatoms. The van der Waals surface area contributed by atoms with Crippen LogP contribution >= 0.6 is 0 Å². The Morgan fingerprint density at radius 3 is 1.10 bits per heavy atom. The molecule has 0 aliphatic carbocycles. The number of phenols is 2. The normalized spacial score (nSPS) is 18.5. The SMILES string of the molecule is C[Si](C)(CCCc1ccccc1O)O[Si](C)(C)CCCc1ccccc1OC(=O)OC1COC2C(OC(=O)Oc3ccccc3CCC[Si](C)(C)O[Si](C)(C)CCCc3ccccc3O)COC12. The molecule has 0 radical (unpaired) electrons. The van der Waals surface area contributed by atoms with Crippen molar-refractivity contribution >= 4 is 45.6 Å². The summed E-state index contributed by atoms with van der Waals surface area (Å²) in [6.07, 6.45) is 2.39. The molecule has 4 aromatic rings.